The number of nitrogens with one attached hydrogen (secondary N) is 1. The molecule has 0 aliphatic heterocycles. The van der Waals surface area contributed by atoms with Gasteiger partial charge < -0.3 is 20.3 Å². The molecule has 2 unspecified atom stereocenters. The van der Waals surface area contributed by atoms with Crippen LogP contribution in [0, 0.1) is 0 Å². The Morgan fingerprint density at radius 1 is 0.358 bits per heavy atom. The first-order chi connectivity index (χ1) is 33.0. The molecule has 0 radical (unpaired) electrons. The van der Waals surface area contributed by atoms with Crippen molar-refractivity contribution >= 4 is 11.9 Å². The van der Waals surface area contributed by atoms with Crippen molar-refractivity contribution in [2.45, 2.75) is 366 Å². The normalized spacial score (nSPS) is 12.5. The first kappa shape index (κ1) is 65.9. The summed E-state index contributed by atoms with van der Waals surface area (Å²) in [6, 6.07) is -0.538. The number of carbonyl (C=O) groups excluding carboxylic acids is 2. The largest absolute Gasteiger partial charge is 0.466 e. The van der Waals surface area contributed by atoms with Crippen LogP contribution in [-0.2, 0) is 14.3 Å². The third-order valence-electron chi connectivity index (χ3n) is 14.7. The fourth-order valence-electron chi connectivity index (χ4n) is 9.94. The first-order valence-corrected chi connectivity index (χ1v) is 30.8. The highest BCUT2D eigenvalue weighted by Crippen LogP contribution is 2.18. The van der Waals surface area contributed by atoms with Crippen LogP contribution in [0.2, 0.25) is 0 Å². The molecule has 2 atom stereocenters. The van der Waals surface area contributed by atoms with E-state index >= 15 is 0 Å². The zero-order valence-electron chi connectivity index (χ0n) is 45.7. The van der Waals surface area contributed by atoms with Crippen molar-refractivity contribution in [2.24, 2.45) is 0 Å². The molecule has 0 aromatic heterocycles. The van der Waals surface area contributed by atoms with Gasteiger partial charge in [0.05, 0.1) is 25.4 Å². The molecule has 0 aliphatic rings. The highest BCUT2D eigenvalue weighted by molar-refractivity contribution is 5.76. The molecular weight excluding hydrogens is 827 g/mol. The van der Waals surface area contributed by atoms with Crippen LogP contribution in [0.5, 0.6) is 0 Å². The lowest BCUT2D eigenvalue weighted by Gasteiger charge is -2.22. The monoisotopic (exact) mass is 948 g/mol. The van der Waals surface area contributed by atoms with Crippen molar-refractivity contribution in [2.75, 3.05) is 13.2 Å². The van der Waals surface area contributed by atoms with Gasteiger partial charge in [-0.25, -0.2) is 0 Å². The van der Waals surface area contributed by atoms with Gasteiger partial charge in [-0.1, -0.05) is 316 Å². The molecule has 0 fully saturated rings. The van der Waals surface area contributed by atoms with E-state index in [2.05, 4.69) is 19.2 Å². The third-order valence-corrected chi connectivity index (χ3v) is 14.7. The predicted octanol–water partition coefficient (Wildman–Crippen LogP) is 19.1. The quantitative estimate of drug-likeness (QED) is 0.0417. The molecule has 0 aromatic rings. The fourth-order valence-corrected chi connectivity index (χ4v) is 9.94. The summed E-state index contributed by atoms with van der Waals surface area (Å²) in [4.78, 5) is 24.5. The van der Waals surface area contributed by atoms with E-state index < -0.39 is 12.1 Å². The number of esters is 1. The van der Waals surface area contributed by atoms with E-state index in [1.54, 1.807) is 0 Å². The summed E-state index contributed by atoms with van der Waals surface area (Å²) in [6.45, 7) is 4.98. The maximum Gasteiger partial charge on any atom is 0.305 e. The van der Waals surface area contributed by atoms with Crippen molar-refractivity contribution in [3.63, 3.8) is 0 Å². The molecular formula is C61H121NO5. The van der Waals surface area contributed by atoms with Crippen LogP contribution in [0.15, 0.2) is 0 Å². The minimum atomic E-state index is -0.661. The zero-order valence-corrected chi connectivity index (χ0v) is 45.7. The van der Waals surface area contributed by atoms with Crippen LogP contribution < -0.4 is 5.32 Å². The third kappa shape index (κ3) is 54.0. The minimum Gasteiger partial charge on any atom is -0.466 e. The van der Waals surface area contributed by atoms with Crippen molar-refractivity contribution in [3.05, 3.63) is 0 Å². The van der Waals surface area contributed by atoms with Gasteiger partial charge in [-0.3, -0.25) is 9.59 Å². The Hall–Kier alpha value is -1.14. The molecule has 67 heavy (non-hydrogen) atoms. The molecule has 0 rings (SSSR count). The fraction of sp³-hybridized carbons (Fsp3) is 0.967. The van der Waals surface area contributed by atoms with Gasteiger partial charge in [0.25, 0.3) is 0 Å². The predicted molar refractivity (Wildman–Crippen MR) is 292 cm³/mol. The Balaban J connectivity index is 3.33. The number of hydrogen-bond donors (Lipinski definition) is 3. The van der Waals surface area contributed by atoms with E-state index in [1.165, 1.54) is 283 Å². The lowest BCUT2D eigenvalue weighted by Crippen LogP contribution is -2.45. The van der Waals surface area contributed by atoms with Crippen LogP contribution in [0.3, 0.4) is 0 Å². The molecule has 0 bridgehead atoms. The Kier molecular flexibility index (Phi) is 56.5. The van der Waals surface area contributed by atoms with Crippen LogP contribution in [0.4, 0.5) is 0 Å². The van der Waals surface area contributed by atoms with E-state index in [4.69, 9.17) is 4.74 Å². The topological polar surface area (TPSA) is 95.9 Å². The summed E-state index contributed by atoms with van der Waals surface area (Å²) < 4.78 is 5.49. The summed E-state index contributed by atoms with van der Waals surface area (Å²) >= 11 is 0. The highest BCUT2D eigenvalue weighted by Gasteiger charge is 2.20. The summed E-state index contributed by atoms with van der Waals surface area (Å²) in [5.74, 6) is -0.0136. The van der Waals surface area contributed by atoms with Gasteiger partial charge in [-0.05, 0) is 25.7 Å². The molecule has 1 amide bonds. The summed E-state index contributed by atoms with van der Waals surface area (Å²) in [6.07, 6.45) is 66.9. The molecule has 0 heterocycles. The smallest absolute Gasteiger partial charge is 0.305 e. The summed E-state index contributed by atoms with van der Waals surface area (Å²) in [7, 11) is 0. The van der Waals surface area contributed by atoms with Gasteiger partial charge in [0, 0.05) is 12.8 Å². The molecule has 0 aliphatic carbocycles. The Bertz CT molecular complexity index is 959. The van der Waals surface area contributed by atoms with Crippen molar-refractivity contribution in [3.8, 4) is 0 Å². The highest BCUT2D eigenvalue weighted by atomic mass is 16.5. The zero-order chi connectivity index (χ0) is 48.6. The second-order valence-electron chi connectivity index (χ2n) is 21.4. The number of aliphatic hydroxyl groups excluding tert-OH is 2. The van der Waals surface area contributed by atoms with Crippen LogP contribution in [0.25, 0.3) is 0 Å². The molecule has 0 saturated carbocycles. The second-order valence-corrected chi connectivity index (χ2v) is 21.4. The number of unbranched alkanes of at least 4 members (excludes halogenated alkanes) is 47. The number of hydrogen-bond acceptors (Lipinski definition) is 5. The molecule has 6 heteroatoms. The van der Waals surface area contributed by atoms with Gasteiger partial charge in [-0.2, -0.15) is 0 Å². The lowest BCUT2D eigenvalue weighted by molar-refractivity contribution is -0.143. The van der Waals surface area contributed by atoms with Gasteiger partial charge in [-0.15, -0.1) is 0 Å². The van der Waals surface area contributed by atoms with Gasteiger partial charge in [0.15, 0.2) is 0 Å². The van der Waals surface area contributed by atoms with Gasteiger partial charge in [0.2, 0.25) is 5.91 Å². The van der Waals surface area contributed by atoms with E-state index in [0.717, 1.165) is 38.5 Å². The maximum absolute atomic E-state index is 12.5. The Labute approximate surface area is 419 Å². The molecule has 400 valence electrons. The summed E-state index contributed by atoms with van der Waals surface area (Å²) in [5, 5.41) is 23.2. The summed E-state index contributed by atoms with van der Waals surface area (Å²) in [5.41, 5.74) is 0. The van der Waals surface area contributed by atoms with Crippen molar-refractivity contribution in [1.29, 1.82) is 0 Å². The van der Waals surface area contributed by atoms with Crippen molar-refractivity contribution in [1.82, 2.24) is 5.32 Å². The maximum atomic E-state index is 12.5. The van der Waals surface area contributed by atoms with Crippen LogP contribution in [-0.4, -0.2) is 47.4 Å². The standard InChI is InChI=1S/C61H121NO5/c1-3-5-7-9-11-13-15-17-31-35-39-43-47-51-55-61(66)67-56-52-48-44-40-36-32-29-27-25-23-21-19-18-20-22-24-26-28-30-34-38-42-46-50-54-60(65)62-58(57-63)59(64)53-49-45-41-37-33-16-14-12-10-8-6-4-2/h58-59,63-64H,3-57H2,1-2H3,(H,62,65). The Morgan fingerprint density at radius 3 is 0.910 bits per heavy atom. The van der Waals surface area contributed by atoms with Gasteiger partial charge >= 0.3 is 5.97 Å². The SMILES string of the molecule is CCCCCCCCCCCCCCCCC(=O)OCCCCCCCCCCCCCCCCCCCCCCCCCCC(=O)NC(CO)C(O)CCCCCCCCCCCCCC. The molecule has 6 nitrogen and oxygen atoms in total. The molecule has 0 spiro atoms. The lowest BCUT2D eigenvalue weighted by atomic mass is 10.0. The van der Waals surface area contributed by atoms with E-state index in [9.17, 15) is 19.8 Å². The van der Waals surface area contributed by atoms with E-state index in [1.807, 2.05) is 0 Å². The number of rotatable bonds is 58. The number of carbonyl (C=O) groups is 2. The number of aliphatic hydroxyl groups is 2. The average Bonchev–Trinajstić information content (AvgIpc) is 3.33. The number of ether oxygens (including phenoxy) is 1. The van der Waals surface area contributed by atoms with Crippen LogP contribution >= 0.6 is 0 Å². The van der Waals surface area contributed by atoms with E-state index in [-0.39, 0.29) is 18.5 Å². The van der Waals surface area contributed by atoms with Crippen LogP contribution in [0.1, 0.15) is 354 Å². The minimum absolute atomic E-state index is 0.0185. The Morgan fingerprint density at radius 2 is 0.612 bits per heavy atom. The van der Waals surface area contributed by atoms with Gasteiger partial charge in [0.1, 0.15) is 0 Å². The molecule has 0 saturated heterocycles. The first-order valence-electron chi connectivity index (χ1n) is 30.8. The second kappa shape index (κ2) is 57.4. The molecule has 0 aromatic carbocycles. The average molecular weight is 949 g/mol. The van der Waals surface area contributed by atoms with Crippen molar-refractivity contribution < 1.29 is 24.5 Å². The van der Waals surface area contributed by atoms with E-state index in [0.29, 0.717) is 25.9 Å². The number of amides is 1. The molecule has 3 N–H and O–H groups in total.